The third-order valence-corrected chi connectivity index (χ3v) is 6.36. The predicted octanol–water partition coefficient (Wildman–Crippen LogP) is 3.92. The third-order valence-electron chi connectivity index (χ3n) is 6.36. The number of amidine groups is 2. The molecule has 0 radical (unpaired) electrons. The molecule has 0 amide bonds. The molecule has 14 nitrogen and oxygen atoms in total. The summed E-state index contributed by atoms with van der Waals surface area (Å²) in [6.45, 7) is 4.14. The number of hydrogen-bond acceptors (Lipinski definition) is 13. The van der Waals surface area contributed by atoms with Gasteiger partial charge in [-0.1, -0.05) is 12.1 Å². The fraction of sp³-hybridized carbons (Fsp3) is 0.143. The SMILES string of the molecule is CC1=NC(C(=O)c2ccc3c(N=Nc4c(C#N)cnn4-c4ncccn4)c(O)c(C(=O)C4=NCC(C)=N4)cc3c2)=NC1. The lowest BCUT2D eigenvalue weighted by Gasteiger charge is -2.11. The van der Waals surface area contributed by atoms with E-state index in [2.05, 4.69) is 45.3 Å². The van der Waals surface area contributed by atoms with Crippen molar-refractivity contribution >= 4 is 56.9 Å². The molecule has 2 aromatic carbocycles. The van der Waals surface area contributed by atoms with Crippen LogP contribution >= 0.6 is 0 Å². The summed E-state index contributed by atoms with van der Waals surface area (Å²) in [6.07, 6.45) is 4.29. The molecule has 2 aliphatic heterocycles. The number of aromatic nitrogens is 4. The van der Waals surface area contributed by atoms with Gasteiger partial charge in [-0.25, -0.2) is 20.0 Å². The Bertz CT molecular complexity index is 2010. The molecule has 0 aliphatic carbocycles. The number of aromatic hydroxyl groups is 1. The maximum Gasteiger partial charge on any atom is 0.252 e. The number of carbonyl (C=O) groups is 2. The first-order valence-electron chi connectivity index (χ1n) is 12.6. The summed E-state index contributed by atoms with van der Waals surface area (Å²) < 4.78 is 1.22. The Hall–Kier alpha value is -6.10. The van der Waals surface area contributed by atoms with E-state index in [0.717, 1.165) is 5.71 Å². The number of nitriles is 1. The molecule has 0 bridgehead atoms. The molecule has 2 aliphatic rings. The summed E-state index contributed by atoms with van der Waals surface area (Å²) in [5, 5.41) is 34.4. The van der Waals surface area contributed by atoms with Crippen molar-refractivity contribution in [1.82, 2.24) is 19.7 Å². The van der Waals surface area contributed by atoms with Crippen LogP contribution in [0.15, 0.2) is 79.1 Å². The fourth-order valence-corrected chi connectivity index (χ4v) is 4.33. The Morgan fingerprint density at radius 2 is 1.67 bits per heavy atom. The topological polar surface area (TPSA) is 196 Å². The first-order chi connectivity index (χ1) is 20.3. The van der Waals surface area contributed by atoms with Gasteiger partial charge in [0.2, 0.25) is 11.6 Å². The van der Waals surface area contributed by atoms with E-state index in [1.807, 2.05) is 6.07 Å². The summed E-state index contributed by atoms with van der Waals surface area (Å²) in [6, 6.07) is 9.75. The van der Waals surface area contributed by atoms with E-state index in [1.165, 1.54) is 29.3 Å². The molecule has 0 fully saturated rings. The standard InChI is InChI=1S/C28H19N11O3/c1-14-11-32-25(35-14)22(40)16-4-5-19-17(8-16)9-20(24(42)26-33-12-15(2)36-26)23(41)21(19)37-38-27-18(10-29)13-34-39(27)28-30-6-3-7-31-28/h3-9,13,41H,11-12H2,1-2H3. The largest absolute Gasteiger partial charge is 0.505 e. The van der Waals surface area contributed by atoms with E-state index < -0.39 is 11.5 Å². The van der Waals surface area contributed by atoms with Crippen molar-refractivity contribution in [2.75, 3.05) is 13.1 Å². The minimum Gasteiger partial charge on any atom is -0.505 e. The van der Waals surface area contributed by atoms with Crippen molar-refractivity contribution in [3.8, 4) is 17.8 Å². The van der Waals surface area contributed by atoms with Crippen molar-refractivity contribution in [2.45, 2.75) is 13.8 Å². The number of aliphatic imine (C=N–C) groups is 4. The van der Waals surface area contributed by atoms with Gasteiger partial charge in [0, 0.05) is 34.8 Å². The molecule has 4 heterocycles. The van der Waals surface area contributed by atoms with Gasteiger partial charge in [0.15, 0.2) is 23.2 Å². The molecule has 0 saturated heterocycles. The van der Waals surface area contributed by atoms with Crippen molar-refractivity contribution in [3.05, 3.63) is 65.6 Å². The zero-order valence-electron chi connectivity index (χ0n) is 22.2. The van der Waals surface area contributed by atoms with Gasteiger partial charge in [0.25, 0.3) is 5.95 Å². The van der Waals surface area contributed by atoms with Gasteiger partial charge in [-0.15, -0.1) is 10.2 Å². The number of fused-ring (bicyclic) bond motifs is 1. The molecule has 1 N–H and O–H groups in total. The minimum absolute atomic E-state index is 0.00708. The van der Waals surface area contributed by atoms with Crippen LogP contribution in [0.1, 0.15) is 40.1 Å². The van der Waals surface area contributed by atoms with Crippen molar-refractivity contribution in [3.63, 3.8) is 0 Å². The number of Topliss-reactive ketones (excluding diaryl/α,β-unsaturated/α-hetero) is 2. The van der Waals surface area contributed by atoms with E-state index in [9.17, 15) is 20.0 Å². The zero-order chi connectivity index (χ0) is 29.4. The van der Waals surface area contributed by atoms with Crippen LogP contribution < -0.4 is 0 Å². The van der Waals surface area contributed by atoms with Crippen LogP contribution in [0.5, 0.6) is 5.75 Å². The van der Waals surface area contributed by atoms with Crippen LogP contribution in [0, 0.1) is 11.3 Å². The van der Waals surface area contributed by atoms with Crippen molar-refractivity contribution in [2.24, 2.45) is 30.2 Å². The Kier molecular flexibility index (Phi) is 6.51. The first kappa shape index (κ1) is 26.1. The number of nitrogens with zero attached hydrogens (tertiary/aromatic N) is 11. The van der Waals surface area contributed by atoms with Gasteiger partial charge in [-0.2, -0.15) is 15.0 Å². The second-order valence-corrected chi connectivity index (χ2v) is 9.34. The Morgan fingerprint density at radius 1 is 0.976 bits per heavy atom. The number of hydrogen-bond donors (Lipinski definition) is 1. The molecule has 14 heteroatoms. The highest BCUT2D eigenvalue weighted by Gasteiger charge is 2.26. The molecule has 0 spiro atoms. The number of azo groups is 1. The van der Waals surface area contributed by atoms with E-state index in [0.29, 0.717) is 23.0 Å². The number of phenolic OH excluding ortho intramolecular Hbond substituents is 1. The summed E-state index contributed by atoms with van der Waals surface area (Å²) in [5.74, 6) is -1.30. The average Bonchev–Trinajstić information content (AvgIpc) is 3.75. The van der Waals surface area contributed by atoms with Crippen LogP contribution in [0.4, 0.5) is 11.5 Å². The smallest absolute Gasteiger partial charge is 0.252 e. The molecule has 6 rings (SSSR count). The molecule has 0 atom stereocenters. The molecule has 0 saturated carbocycles. The van der Waals surface area contributed by atoms with Crippen LogP contribution in [0.2, 0.25) is 0 Å². The number of rotatable bonds is 7. The van der Waals surface area contributed by atoms with Crippen LogP contribution in [-0.4, -0.2) is 72.6 Å². The molecule has 2 aromatic heterocycles. The molecule has 4 aromatic rings. The molecular formula is C28H19N11O3. The van der Waals surface area contributed by atoms with Crippen LogP contribution in [0.25, 0.3) is 16.7 Å². The highest BCUT2D eigenvalue weighted by molar-refractivity contribution is 6.49. The number of ketones is 2. The number of carbonyl (C=O) groups excluding carboxylic acids is 2. The van der Waals surface area contributed by atoms with Gasteiger partial charge >= 0.3 is 0 Å². The molecule has 0 unspecified atom stereocenters. The average molecular weight is 558 g/mol. The number of benzene rings is 2. The normalized spacial score (nSPS) is 14.5. The Morgan fingerprint density at radius 3 is 2.31 bits per heavy atom. The summed E-state index contributed by atoms with van der Waals surface area (Å²) in [5.41, 5.74) is 1.53. The highest BCUT2D eigenvalue weighted by atomic mass is 16.3. The van der Waals surface area contributed by atoms with Gasteiger partial charge in [-0.3, -0.25) is 19.6 Å². The van der Waals surface area contributed by atoms with Gasteiger partial charge in [0.05, 0.1) is 24.8 Å². The van der Waals surface area contributed by atoms with E-state index in [4.69, 9.17) is 0 Å². The van der Waals surface area contributed by atoms with Gasteiger partial charge in [-0.05, 0) is 37.4 Å². The summed E-state index contributed by atoms with van der Waals surface area (Å²) in [7, 11) is 0. The minimum atomic E-state index is -0.625. The lowest BCUT2D eigenvalue weighted by atomic mass is 9.97. The van der Waals surface area contributed by atoms with E-state index in [-0.39, 0.29) is 58.1 Å². The second-order valence-electron chi connectivity index (χ2n) is 9.34. The van der Waals surface area contributed by atoms with E-state index in [1.54, 1.807) is 38.1 Å². The maximum absolute atomic E-state index is 13.4. The maximum atomic E-state index is 13.4. The van der Waals surface area contributed by atoms with Crippen molar-refractivity contribution < 1.29 is 14.7 Å². The Balaban J connectivity index is 1.51. The lowest BCUT2D eigenvalue weighted by molar-refractivity contribution is 0.105. The van der Waals surface area contributed by atoms with Crippen LogP contribution in [-0.2, 0) is 0 Å². The summed E-state index contributed by atoms with van der Waals surface area (Å²) in [4.78, 5) is 51.5. The second kappa shape index (κ2) is 10.5. The van der Waals surface area contributed by atoms with Crippen LogP contribution in [0.3, 0.4) is 0 Å². The third kappa shape index (κ3) is 4.64. The van der Waals surface area contributed by atoms with Gasteiger partial charge in [0.1, 0.15) is 17.3 Å². The quantitative estimate of drug-likeness (QED) is 0.262. The highest BCUT2D eigenvalue weighted by Crippen LogP contribution is 2.40. The van der Waals surface area contributed by atoms with Crippen molar-refractivity contribution in [1.29, 1.82) is 5.26 Å². The van der Waals surface area contributed by atoms with Gasteiger partial charge < -0.3 is 5.11 Å². The molecular weight excluding hydrogens is 538 g/mol. The summed E-state index contributed by atoms with van der Waals surface area (Å²) >= 11 is 0. The monoisotopic (exact) mass is 557 g/mol. The molecule has 204 valence electrons. The fourth-order valence-electron chi connectivity index (χ4n) is 4.33. The lowest BCUT2D eigenvalue weighted by Crippen LogP contribution is -2.12. The predicted molar refractivity (Wildman–Crippen MR) is 153 cm³/mol. The van der Waals surface area contributed by atoms with E-state index >= 15 is 0 Å². The molecule has 42 heavy (non-hydrogen) atoms. The number of phenols is 1. The Labute approximate surface area is 237 Å². The first-order valence-corrected chi connectivity index (χ1v) is 12.6. The zero-order valence-corrected chi connectivity index (χ0v) is 22.2.